The highest BCUT2D eigenvalue weighted by Gasteiger charge is 2.27. The van der Waals surface area contributed by atoms with E-state index in [1.165, 1.54) is 6.42 Å². The third kappa shape index (κ3) is 5.81. The van der Waals surface area contributed by atoms with Gasteiger partial charge in [-0.3, -0.25) is 0 Å². The molecule has 5 heteroatoms. The zero-order chi connectivity index (χ0) is 17.4. The minimum atomic E-state index is -3.55. The van der Waals surface area contributed by atoms with Crippen molar-refractivity contribution in [2.24, 2.45) is 5.92 Å². The number of rotatable bonds is 6. The highest BCUT2D eigenvalue weighted by molar-refractivity contribution is 7.89. The summed E-state index contributed by atoms with van der Waals surface area (Å²) in [4.78, 5) is 0.302. The number of halogens is 1. The highest BCUT2D eigenvalue weighted by Crippen LogP contribution is 2.27. The van der Waals surface area contributed by atoms with Crippen LogP contribution in [-0.4, -0.2) is 20.3 Å². The smallest absolute Gasteiger partial charge is 0.207 e. The molecular formula is C19H26ClNO2S. The maximum Gasteiger partial charge on any atom is 0.241 e. The van der Waals surface area contributed by atoms with Crippen molar-refractivity contribution in [3.05, 3.63) is 29.8 Å². The Balaban J connectivity index is 2.15. The van der Waals surface area contributed by atoms with Crippen LogP contribution >= 0.6 is 11.6 Å². The summed E-state index contributed by atoms with van der Waals surface area (Å²) in [7, 11) is -3.55. The molecule has 1 fully saturated rings. The Kier molecular flexibility index (Phi) is 7.61. The van der Waals surface area contributed by atoms with E-state index in [9.17, 15) is 8.42 Å². The predicted molar refractivity (Wildman–Crippen MR) is 99.6 cm³/mol. The lowest BCUT2D eigenvalue weighted by molar-refractivity contribution is 0.325. The molecule has 1 saturated carbocycles. The van der Waals surface area contributed by atoms with Crippen LogP contribution in [0.25, 0.3) is 0 Å². The van der Waals surface area contributed by atoms with Crippen LogP contribution in [0.4, 0.5) is 0 Å². The number of aryl methyl sites for hydroxylation is 1. The molecule has 1 aromatic rings. The summed E-state index contributed by atoms with van der Waals surface area (Å²) in [6.07, 6.45) is 7.13. The topological polar surface area (TPSA) is 46.2 Å². The highest BCUT2D eigenvalue weighted by atomic mass is 35.5. The van der Waals surface area contributed by atoms with Crippen molar-refractivity contribution in [1.82, 2.24) is 4.72 Å². The molecule has 1 unspecified atom stereocenters. The van der Waals surface area contributed by atoms with E-state index < -0.39 is 10.0 Å². The van der Waals surface area contributed by atoms with Crippen LogP contribution < -0.4 is 4.72 Å². The summed E-state index contributed by atoms with van der Waals surface area (Å²) in [6, 6.07) is 6.62. The van der Waals surface area contributed by atoms with Gasteiger partial charge in [0.2, 0.25) is 10.0 Å². The first kappa shape index (κ1) is 19.3. The fourth-order valence-corrected chi connectivity index (χ4v) is 4.35. The molecule has 1 aromatic carbocycles. The molecule has 0 aromatic heterocycles. The van der Waals surface area contributed by atoms with Crippen LogP contribution in [0.1, 0.15) is 50.5 Å². The first-order valence-electron chi connectivity index (χ1n) is 8.66. The van der Waals surface area contributed by atoms with Crippen LogP contribution in [0.2, 0.25) is 0 Å². The van der Waals surface area contributed by atoms with Crippen LogP contribution in [0.15, 0.2) is 29.2 Å². The third-order valence-corrected chi connectivity index (χ3v) is 6.15. The van der Waals surface area contributed by atoms with E-state index in [0.29, 0.717) is 23.1 Å². The summed E-state index contributed by atoms with van der Waals surface area (Å²) in [5.74, 6) is 7.14. The molecule has 0 spiro atoms. The van der Waals surface area contributed by atoms with Crippen molar-refractivity contribution in [3.63, 3.8) is 0 Å². The fraction of sp³-hybridized carbons (Fsp3) is 0.579. The normalized spacial score (nSPS) is 17.1. The average molecular weight is 368 g/mol. The number of hydrogen-bond acceptors (Lipinski definition) is 2. The van der Waals surface area contributed by atoms with E-state index in [-0.39, 0.29) is 6.04 Å². The van der Waals surface area contributed by atoms with Gasteiger partial charge in [-0.1, -0.05) is 42.9 Å². The van der Waals surface area contributed by atoms with Crippen LogP contribution in [0, 0.1) is 24.7 Å². The summed E-state index contributed by atoms with van der Waals surface area (Å²) < 4.78 is 28.2. The second kappa shape index (κ2) is 9.46. The molecule has 1 atom stereocenters. The predicted octanol–water partition coefficient (Wildman–Crippen LogP) is 4.24. The number of hydrogen-bond donors (Lipinski definition) is 1. The quantitative estimate of drug-likeness (QED) is 0.464. The van der Waals surface area contributed by atoms with E-state index in [4.69, 9.17) is 11.6 Å². The molecule has 2 rings (SSSR count). The van der Waals surface area contributed by atoms with Crippen molar-refractivity contribution in [2.75, 3.05) is 5.88 Å². The number of benzene rings is 1. The molecule has 0 saturated heterocycles. The van der Waals surface area contributed by atoms with Gasteiger partial charge in [0.05, 0.1) is 10.9 Å². The maximum absolute atomic E-state index is 12.7. The number of sulfonamides is 1. The van der Waals surface area contributed by atoms with Gasteiger partial charge in [0.25, 0.3) is 0 Å². The van der Waals surface area contributed by atoms with Crippen molar-refractivity contribution >= 4 is 21.6 Å². The molecule has 1 aliphatic carbocycles. The standard InChI is InChI=1S/C19H26ClNO2S/c1-16-11-13-18(14-12-16)24(22,23)21-19(10-6-3-7-15-20)17-8-4-2-5-9-17/h11-14,17,19,21H,2-5,7-9,15H2,1H3. The Morgan fingerprint density at radius 3 is 2.50 bits per heavy atom. The Labute approximate surface area is 151 Å². The van der Waals surface area contributed by atoms with Crippen LogP contribution in [-0.2, 0) is 10.0 Å². The largest absolute Gasteiger partial charge is 0.241 e. The van der Waals surface area contributed by atoms with E-state index in [2.05, 4.69) is 16.6 Å². The molecule has 0 heterocycles. The number of alkyl halides is 1. The van der Waals surface area contributed by atoms with Crippen LogP contribution in [0.5, 0.6) is 0 Å². The van der Waals surface area contributed by atoms with Gasteiger partial charge in [-0.05, 0) is 44.2 Å². The van der Waals surface area contributed by atoms with Gasteiger partial charge < -0.3 is 0 Å². The monoisotopic (exact) mass is 367 g/mol. The minimum Gasteiger partial charge on any atom is -0.207 e. The lowest BCUT2D eigenvalue weighted by atomic mass is 9.84. The van der Waals surface area contributed by atoms with Crippen molar-refractivity contribution in [1.29, 1.82) is 0 Å². The summed E-state index contributed by atoms with van der Waals surface area (Å²) in [5, 5.41) is 0. The molecule has 0 bridgehead atoms. The van der Waals surface area contributed by atoms with Gasteiger partial charge >= 0.3 is 0 Å². The molecule has 0 radical (unpaired) electrons. The Bertz CT molecular complexity index is 668. The maximum atomic E-state index is 12.7. The number of unbranched alkanes of at least 4 members (excludes halogenated alkanes) is 1. The SMILES string of the molecule is Cc1ccc(S(=O)(=O)NC(C#CCCCCl)C2CCCCC2)cc1. The lowest BCUT2D eigenvalue weighted by Gasteiger charge is -2.27. The fourth-order valence-electron chi connectivity index (χ4n) is 3.00. The zero-order valence-corrected chi connectivity index (χ0v) is 15.8. The Hall–Kier alpha value is -1.02. The summed E-state index contributed by atoms with van der Waals surface area (Å²) in [5.41, 5.74) is 1.04. The molecule has 1 N–H and O–H groups in total. The van der Waals surface area contributed by atoms with Gasteiger partial charge in [-0.15, -0.1) is 17.5 Å². The van der Waals surface area contributed by atoms with Gasteiger partial charge in [-0.2, -0.15) is 4.72 Å². The molecule has 3 nitrogen and oxygen atoms in total. The van der Waals surface area contributed by atoms with Crippen molar-refractivity contribution in [3.8, 4) is 11.8 Å². The van der Waals surface area contributed by atoms with Crippen LogP contribution in [0.3, 0.4) is 0 Å². The summed E-state index contributed by atoms with van der Waals surface area (Å²) >= 11 is 5.69. The first-order chi connectivity index (χ1) is 11.5. The first-order valence-corrected chi connectivity index (χ1v) is 10.7. The zero-order valence-electron chi connectivity index (χ0n) is 14.2. The molecule has 1 aliphatic rings. The molecule has 24 heavy (non-hydrogen) atoms. The van der Waals surface area contributed by atoms with E-state index in [1.54, 1.807) is 12.1 Å². The molecule has 132 valence electrons. The number of nitrogens with one attached hydrogen (secondary N) is 1. The van der Waals surface area contributed by atoms with Gasteiger partial charge in [0.15, 0.2) is 0 Å². The Morgan fingerprint density at radius 1 is 1.21 bits per heavy atom. The third-order valence-electron chi connectivity index (χ3n) is 4.43. The molecular weight excluding hydrogens is 342 g/mol. The Morgan fingerprint density at radius 2 is 1.88 bits per heavy atom. The second-order valence-corrected chi connectivity index (χ2v) is 8.52. The lowest BCUT2D eigenvalue weighted by Crippen LogP contribution is -2.40. The summed E-state index contributed by atoms with van der Waals surface area (Å²) in [6.45, 7) is 1.94. The van der Waals surface area contributed by atoms with Crippen molar-refractivity contribution < 1.29 is 8.42 Å². The minimum absolute atomic E-state index is 0.294. The van der Waals surface area contributed by atoms with Gasteiger partial charge in [0.1, 0.15) is 0 Å². The van der Waals surface area contributed by atoms with Crippen molar-refractivity contribution in [2.45, 2.75) is 62.8 Å². The van der Waals surface area contributed by atoms with E-state index in [0.717, 1.165) is 37.7 Å². The molecule has 0 aliphatic heterocycles. The van der Waals surface area contributed by atoms with Gasteiger partial charge in [0, 0.05) is 12.3 Å². The van der Waals surface area contributed by atoms with E-state index in [1.807, 2.05) is 19.1 Å². The van der Waals surface area contributed by atoms with E-state index >= 15 is 0 Å². The molecule has 0 amide bonds. The van der Waals surface area contributed by atoms with Gasteiger partial charge in [-0.25, -0.2) is 8.42 Å². The average Bonchev–Trinajstić information content (AvgIpc) is 2.59. The second-order valence-electron chi connectivity index (χ2n) is 6.42.